The van der Waals surface area contributed by atoms with Crippen molar-refractivity contribution in [3.63, 3.8) is 0 Å². The van der Waals surface area contributed by atoms with E-state index in [0.29, 0.717) is 11.4 Å². The molecule has 1 heterocycles. The molecule has 0 amide bonds. The maximum atomic E-state index is 11.5. The van der Waals surface area contributed by atoms with E-state index >= 15 is 0 Å². The molecule has 16 heavy (non-hydrogen) atoms. The molecule has 1 aromatic rings. The maximum Gasteiger partial charge on any atom is 0.341 e. The highest BCUT2D eigenvalue weighted by molar-refractivity contribution is 6.08. The van der Waals surface area contributed by atoms with Crippen LogP contribution in [0.25, 0.3) is 0 Å². The lowest BCUT2D eigenvalue weighted by molar-refractivity contribution is 0.0556. The van der Waals surface area contributed by atoms with Crippen molar-refractivity contribution in [2.24, 2.45) is 10.2 Å². The normalized spacial score (nSPS) is 11.4. The molecule has 0 radical (unpaired) electrons. The van der Waals surface area contributed by atoms with Gasteiger partial charge in [0.25, 0.3) is 0 Å². The zero-order chi connectivity index (χ0) is 11.7. The number of carbonyl (C=O) groups is 2. The molecular formula is C10H8N2O4. The number of carbonyl (C=O) groups excluding carboxylic acids is 2. The van der Waals surface area contributed by atoms with Crippen LogP contribution >= 0.6 is 0 Å². The monoisotopic (exact) mass is 220 g/mol. The Balaban J connectivity index is 2.59. The number of rotatable bonds is 2. The Labute approximate surface area is 90.9 Å². The summed E-state index contributed by atoms with van der Waals surface area (Å²) in [6.45, 7) is 0. The quantitative estimate of drug-likeness (QED) is 0.725. The molecule has 0 spiro atoms. The van der Waals surface area contributed by atoms with Crippen molar-refractivity contribution >= 4 is 23.3 Å². The summed E-state index contributed by atoms with van der Waals surface area (Å²) in [4.78, 5) is 23.0. The lowest BCUT2D eigenvalue weighted by Gasteiger charge is -2.14. The average molecular weight is 220 g/mol. The first-order chi connectivity index (χ1) is 7.69. The Morgan fingerprint density at radius 2 is 1.75 bits per heavy atom. The molecule has 2 rings (SSSR count). The molecule has 0 saturated carbocycles. The second-order valence-electron chi connectivity index (χ2n) is 3.04. The third-order valence-electron chi connectivity index (χ3n) is 2.21. The molecular weight excluding hydrogens is 212 g/mol. The Morgan fingerprint density at radius 3 is 2.25 bits per heavy atom. The van der Waals surface area contributed by atoms with Crippen LogP contribution in [0.3, 0.4) is 0 Å². The topological polar surface area (TPSA) is 77.3 Å². The van der Waals surface area contributed by atoms with Gasteiger partial charge in [0.1, 0.15) is 16.9 Å². The van der Waals surface area contributed by atoms with Crippen molar-refractivity contribution in [2.75, 3.05) is 14.2 Å². The number of ether oxygens (including phenoxy) is 2. The van der Waals surface area contributed by atoms with Crippen molar-refractivity contribution in [3.05, 3.63) is 23.3 Å². The highest BCUT2D eigenvalue weighted by atomic mass is 16.5. The average Bonchev–Trinajstić information content (AvgIpc) is 2.27. The molecule has 0 aliphatic carbocycles. The van der Waals surface area contributed by atoms with Crippen molar-refractivity contribution in [1.82, 2.24) is 0 Å². The Hall–Kier alpha value is -2.24. The van der Waals surface area contributed by atoms with Gasteiger partial charge in [0.2, 0.25) is 0 Å². The molecule has 0 aromatic heterocycles. The van der Waals surface area contributed by atoms with Crippen molar-refractivity contribution in [1.29, 1.82) is 0 Å². The van der Waals surface area contributed by atoms with E-state index < -0.39 is 11.9 Å². The minimum atomic E-state index is -0.629. The molecule has 0 saturated heterocycles. The van der Waals surface area contributed by atoms with Crippen LogP contribution in [0.2, 0.25) is 0 Å². The third kappa shape index (κ3) is 1.35. The van der Waals surface area contributed by atoms with Crippen LogP contribution in [-0.2, 0) is 9.47 Å². The highest BCUT2D eigenvalue weighted by Crippen LogP contribution is 2.42. The smallest absolute Gasteiger partial charge is 0.341 e. The summed E-state index contributed by atoms with van der Waals surface area (Å²) in [7, 11) is 2.48. The zero-order valence-electron chi connectivity index (χ0n) is 8.68. The van der Waals surface area contributed by atoms with E-state index in [1.807, 2.05) is 0 Å². The van der Waals surface area contributed by atoms with Crippen LogP contribution < -0.4 is 0 Å². The van der Waals surface area contributed by atoms with Crippen LogP contribution in [0, 0.1) is 0 Å². The van der Waals surface area contributed by atoms with E-state index in [2.05, 4.69) is 19.7 Å². The zero-order valence-corrected chi connectivity index (χ0v) is 8.68. The number of nitrogens with zero attached hydrogens (tertiary/aromatic N) is 2. The van der Waals surface area contributed by atoms with Gasteiger partial charge < -0.3 is 9.47 Å². The minimum absolute atomic E-state index is 0.0989. The number of hydrogen-bond acceptors (Lipinski definition) is 6. The van der Waals surface area contributed by atoms with Gasteiger partial charge in [0.15, 0.2) is 0 Å². The Kier molecular flexibility index (Phi) is 2.40. The van der Waals surface area contributed by atoms with Gasteiger partial charge in [-0.1, -0.05) is 0 Å². The lowest BCUT2D eigenvalue weighted by Crippen LogP contribution is -2.12. The number of esters is 2. The first-order valence-corrected chi connectivity index (χ1v) is 4.44. The van der Waals surface area contributed by atoms with Gasteiger partial charge in [-0.05, 0) is 12.1 Å². The summed E-state index contributed by atoms with van der Waals surface area (Å²) in [5, 5.41) is 7.40. The van der Waals surface area contributed by atoms with Crippen molar-refractivity contribution in [2.45, 2.75) is 0 Å². The van der Waals surface area contributed by atoms with E-state index in [1.165, 1.54) is 20.3 Å². The molecule has 0 bridgehead atoms. The number of hydrogen-bond donors (Lipinski definition) is 0. The second-order valence-corrected chi connectivity index (χ2v) is 3.04. The molecule has 1 aromatic carbocycles. The van der Waals surface area contributed by atoms with Crippen LogP contribution in [0.5, 0.6) is 0 Å². The van der Waals surface area contributed by atoms with E-state index in [1.54, 1.807) is 6.07 Å². The third-order valence-corrected chi connectivity index (χ3v) is 2.21. The minimum Gasteiger partial charge on any atom is -0.465 e. The van der Waals surface area contributed by atoms with Crippen LogP contribution in [-0.4, -0.2) is 26.2 Å². The predicted molar refractivity (Wildman–Crippen MR) is 53.3 cm³/mol. The summed E-state index contributed by atoms with van der Waals surface area (Å²) >= 11 is 0. The fourth-order valence-corrected chi connectivity index (χ4v) is 1.41. The summed E-state index contributed by atoms with van der Waals surface area (Å²) < 4.78 is 9.16. The number of fused-ring (bicyclic) bond motifs is 1. The standard InChI is InChI=1S/C10H8N2O4/c1-15-9(13)5-3-4-6-8(12-11-6)7(5)10(14)16-2/h3-4H,1-2H3. The van der Waals surface area contributed by atoms with E-state index in [0.717, 1.165) is 0 Å². The largest absolute Gasteiger partial charge is 0.465 e. The van der Waals surface area contributed by atoms with Gasteiger partial charge in [-0.25, -0.2) is 9.59 Å². The highest BCUT2D eigenvalue weighted by Gasteiger charge is 2.27. The fraction of sp³-hybridized carbons (Fsp3) is 0.200. The van der Waals surface area contributed by atoms with Crippen LogP contribution in [0.4, 0.5) is 11.4 Å². The van der Waals surface area contributed by atoms with Gasteiger partial charge in [-0.15, -0.1) is 10.2 Å². The van der Waals surface area contributed by atoms with E-state index in [4.69, 9.17) is 0 Å². The molecule has 6 heteroatoms. The van der Waals surface area contributed by atoms with Gasteiger partial charge >= 0.3 is 11.9 Å². The van der Waals surface area contributed by atoms with Gasteiger partial charge in [0, 0.05) is 0 Å². The maximum absolute atomic E-state index is 11.5. The molecule has 0 fully saturated rings. The molecule has 0 atom stereocenters. The fourth-order valence-electron chi connectivity index (χ4n) is 1.41. The molecule has 6 nitrogen and oxygen atoms in total. The summed E-state index contributed by atoms with van der Waals surface area (Å²) in [5.41, 5.74) is 1.16. The van der Waals surface area contributed by atoms with E-state index in [9.17, 15) is 9.59 Å². The number of azo groups is 1. The summed E-state index contributed by atoms with van der Waals surface area (Å²) in [6.07, 6.45) is 0. The van der Waals surface area contributed by atoms with Crippen LogP contribution in [0.1, 0.15) is 20.7 Å². The number of benzene rings is 1. The Bertz CT molecular complexity index is 508. The molecule has 1 aliphatic rings. The van der Waals surface area contributed by atoms with Gasteiger partial charge in [-0.2, -0.15) is 0 Å². The summed E-state index contributed by atoms with van der Waals surface area (Å²) in [6, 6.07) is 3.07. The molecule has 1 aliphatic heterocycles. The SMILES string of the molecule is COC(=O)c1ccc2c(c1C(=O)OC)N=N2. The molecule has 0 unspecified atom stereocenters. The first kappa shape index (κ1) is 10.3. The van der Waals surface area contributed by atoms with Gasteiger partial charge in [-0.3, -0.25) is 0 Å². The van der Waals surface area contributed by atoms with E-state index in [-0.39, 0.29) is 11.1 Å². The van der Waals surface area contributed by atoms with Crippen LogP contribution in [0.15, 0.2) is 22.4 Å². The van der Waals surface area contributed by atoms with Crippen molar-refractivity contribution in [3.8, 4) is 0 Å². The Morgan fingerprint density at radius 1 is 1.06 bits per heavy atom. The van der Waals surface area contributed by atoms with Gasteiger partial charge in [0.05, 0.1) is 19.8 Å². The lowest BCUT2D eigenvalue weighted by atomic mass is 10.0. The van der Waals surface area contributed by atoms with Crippen molar-refractivity contribution < 1.29 is 19.1 Å². The summed E-state index contributed by atoms with van der Waals surface area (Å²) in [5.74, 6) is -1.23. The number of methoxy groups -OCH3 is 2. The molecule has 0 N–H and O–H groups in total. The first-order valence-electron chi connectivity index (χ1n) is 4.44. The second kappa shape index (κ2) is 3.73. The molecule has 82 valence electrons. The predicted octanol–water partition coefficient (Wildman–Crippen LogP) is 1.99.